The molecule has 0 radical (unpaired) electrons. The smallest absolute Gasteiger partial charge is 0.0730 e. The van der Waals surface area contributed by atoms with E-state index in [0.717, 1.165) is 38.9 Å². The highest BCUT2D eigenvalue weighted by atomic mass is 79.9. The Morgan fingerprint density at radius 2 is 1.17 bits per heavy atom. The largest absolute Gasteiger partial charge is 0.388 e. The molecule has 0 atom stereocenters. The SMILES string of the molecule is Br.CNc1ccc(Nc2c3ccccc3nc3ccccc23)cc1. The molecule has 4 heteroatoms. The first kappa shape index (κ1) is 16.3. The molecule has 1 aromatic heterocycles. The van der Waals surface area contributed by atoms with Crippen molar-refractivity contribution in [1.29, 1.82) is 0 Å². The zero-order valence-electron chi connectivity index (χ0n) is 13.3. The van der Waals surface area contributed by atoms with E-state index in [1.807, 2.05) is 31.3 Å². The molecule has 1 heterocycles. The van der Waals surface area contributed by atoms with Gasteiger partial charge in [-0.3, -0.25) is 0 Å². The molecule has 2 N–H and O–H groups in total. The zero-order chi connectivity index (χ0) is 15.6. The molecule has 0 aliphatic carbocycles. The minimum atomic E-state index is 0. The number of benzene rings is 3. The van der Waals surface area contributed by atoms with E-state index in [2.05, 4.69) is 59.2 Å². The van der Waals surface area contributed by atoms with E-state index in [1.165, 1.54) is 0 Å². The van der Waals surface area contributed by atoms with E-state index in [9.17, 15) is 0 Å². The van der Waals surface area contributed by atoms with Crippen LogP contribution in [0.15, 0.2) is 72.8 Å². The van der Waals surface area contributed by atoms with Crippen LogP contribution in [0.1, 0.15) is 0 Å². The molecule has 0 saturated heterocycles. The standard InChI is InChI=1S/C20H17N3.BrH/c1-21-14-10-12-15(13-11-14)22-20-16-6-2-4-8-18(16)23-19-9-5-3-7-17(19)20;/h2-13,21H,1H3,(H,22,23);1H. The first-order valence-electron chi connectivity index (χ1n) is 7.67. The summed E-state index contributed by atoms with van der Waals surface area (Å²) in [6.45, 7) is 0. The number of aromatic nitrogens is 1. The van der Waals surface area contributed by atoms with Crippen LogP contribution in [0.5, 0.6) is 0 Å². The second-order valence-corrected chi connectivity index (χ2v) is 5.47. The minimum Gasteiger partial charge on any atom is -0.388 e. The predicted molar refractivity (Wildman–Crippen MR) is 109 cm³/mol. The molecule has 3 nitrogen and oxygen atoms in total. The van der Waals surface area contributed by atoms with Gasteiger partial charge >= 0.3 is 0 Å². The van der Waals surface area contributed by atoms with Crippen molar-refractivity contribution >= 4 is 55.8 Å². The molecule has 24 heavy (non-hydrogen) atoms. The highest BCUT2D eigenvalue weighted by Gasteiger charge is 2.08. The van der Waals surface area contributed by atoms with Gasteiger partial charge in [-0.05, 0) is 36.4 Å². The van der Waals surface area contributed by atoms with Gasteiger partial charge in [0, 0.05) is 29.2 Å². The Morgan fingerprint density at radius 3 is 1.71 bits per heavy atom. The number of halogens is 1. The van der Waals surface area contributed by atoms with Crippen molar-refractivity contribution in [2.75, 3.05) is 17.7 Å². The van der Waals surface area contributed by atoms with Crippen molar-refractivity contribution in [3.05, 3.63) is 72.8 Å². The summed E-state index contributed by atoms with van der Waals surface area (Å²) in [6.07, 6.45) is 0. The minimum absolute atomic E-state index is 0. The van der Waals surface area contributed by atoms with E-state index < -0.39 is 0 Å². The molecule has 0 fully saturated rings. The third-order valence-electron chi connectivity index (χ3n) is 4.03. The lowest BCUT2D eigenvalue weighted by Crippen LogP contribution is -1.95. The molecule has 4 rings (SSSR count). The molecular weight excluding hydrogens is 362 g/mol. The molecule has 3 aromatic carbocycles. The van der Waals surface area contributed by atoms with Crippen molar-refractivity contribution in [1.82, 2.24) is 4.98 Å². The van der Waals surface area contributed by atoms with Crippen LogP contribution < -0.4 is 10.6 Å². The van der Waals surface area contributed by atoms with Gasteiger partial charge in [-0.25, -0.2) is 4.98 Å². The molecule has 120 valence electrons. The van der Waals surface area contributed by atoms with Crippen LogP contribution in [0.25, 0.3) is 21.8 Å². The Morgan fingerprint density at radius 1 is 0.667 bits per heavy atom. The van der Waals surface area contributed by atoms with E-state index in [4.69, 9.17) is 4.98 Å². The maximum absolute atomic E-state index is 4.76. The Labute approximate surface area is 151 Å². The number of hydrogen-bond acceptors (Lipinski definition) is 3. The summed E-state index contributed by atoms with van der Waals surface area (Å²) < 4.78 is 0. The molecule has 0 aliphatic heterocycles. The average molecular weight is 380 g/mol. The first-order chi connectivity index (χ1) is 11.3. The lowest BCUT2D eigenvalue weighted by Gasteiger charge is -2.13. The number of nitrogens with one attached hydrogen (secondary N) is 2. The van der Waals surface area contributed by atoms with Crippen LogP contribution in [-0.2, 0) is 0 Å². The van der Waals surface area contributed by atoms with Gasteiger partial charge in [0.1, 0.15) is 0 Å². The number of rotatable bonds is 3. The van der Waals surface area contributed by atoms with Crippen molar-refractivity contribution in [3.8, 4) is 0 Å². The van der Waals surface area contributed by atoms with Crippen LogP contribution in [0.2, 0.25) is 0 Å². The van der Waals surface area contributed by atoms with Crippen molar-refractivity contribution in [3.63, 3.8) is 0 Å². The molecule has 0 amide bonds. The molecular formula is C20H18BrN3. The molecule has 0 bridgehead atoms. The second kappa shape index (κ2) is 6.89. The topological polar surface area (TPSA) is 37.0 Å². The van der Waals surface area contributed by atoms with E-state index in [-0.39, 0.29) is 17.0 Å². The number of nitrogens with zero attached hydrogens (tertiary/aromatic N) is 1. The highest BCUT2D eigenvalue weighted by molar-refractivity contribution is 8.93. The summed E-state index contributed by atoms with van der Waals surface area (Å²) in [5.41, 5.74) is 5.26. The molecule has 0 aliphatic rings. The maximum Gasteiger partial charge on any atom is 0.0730 e. The lowest BCUT2D eigenvalue weighted by atomic mass is 10.1. The fourth-order valence-corrected chi connectivity index (χ4v) is 2.84. The summed E-state index contributed by atoms with van der Waals surface area (Å²) in [5.74, 6) is 0. The van der Waals surface area contributed by atoms with Crippen molar-refractivity contribution in [2.24, 2.45) is 0 Å². The Kier molecular flexibility index (Phi) is 4.67. The van der Waals surface area contributed by atoms with E-state index in [0.29, 0.717) is 0 Å². The number of hydrogen-bond donors (Lipinski definition) is 2. The molecule has 0 saturated carbocycles. The second-order valence-electron chi connectivity index (χ2n) is 5.47. The summed E-state index contributed by atoms with van der Waals surface area (Å²) in [7, 11) is 1.92. The third kappa shape index (κ3) is 2.93. The Bertz CT molecular complexity index is 927. The molecule has 0 unspecified atom stereocenters. The van der Waals surface area contributed by atoms with Crippen LogP contribution in [0, 0.1) is 0 Å². The van der Waals surface area contributed by atoms with Gasteiger partial charge < -0.3 is 10.6 Å². The Balaban J connectivity index is 0.00000169. The maximum atomic E-state index is 4.76. The third-order valence-corrected chi connectivity index (χ3v) is 4.03. The zero-order valence-corrected chi connectivity index (χ0v) is 15.0. The van der Waals surface area contributed by atoms with Gasteiger partial charge in [-0.2, -0.15) is 0 Å². The van der Waals surface area contributed by atoms with Gasteiger partial charge in [0.2, 0.25) is 0 Å². The summed E-state index contributed by atoms with van der Waals surface area (Å²) in [6, 6.07) is 24.8. The van der Waals surface area contributed by atoms with Gasteiger partial charge in [-0.15, -0.1) is 17.0 Å². The van der Waals surface area contributed by atoms with Crippen LogP contribution in [0.3, 0.4) is 0 Å². The van der Waals surface area contributed by atoms with E-state index >= 15 is 0 Å². The van der Waals surface area contributed by atoms with Gasteiger partial charge in [0.25, 0.3) is 0 Å². The monoisotopic (exact) mass is 379 g/mol. The fraction of sp³-hybridized carbons (Fsp3) is 0.0500. The quantitative estimate of drug-likeness (QED) is 0.444. The van der Waals surface area contributed by atoms with Gasteiger partial charge in [0.15, 0.2) is 0 Å². The fourth-order valence-electron chi connectivity index (χ4n) is 2.84. The summed E-state index contributed by atoms with van der Waals surface area (Å²) in [4.78, 5) is 4.76. The predicted octanol–water partition coefficient (Wildman–Crippen LogP) is 5.75. The number of para-hydroxylation sites is 2. The van der Waals surface area contributed by atoms with Crippen molar-refractivity contribution < 1.29 is 0 Å². The normalized spacial score (nSPS) is 10.4. The summed E-state index contributed by atoms with van der Waals surface area (Å²) in [5, 5.41) is 8.97. The first-order valence-corrected chi connectivity index (χ1v) is 7.67. The average Bonchev–Trinajstić information content (AvgIpc) is 2.62. The molecule has 4 aromatic rings. The number of pyridine rings is 1. The highest BCUT2D eigenvalue weighted by Crippen LogP contribution is 2.33. The number of fused-ring (bicyclic) bond motifs is 2. The van der Waals surface area contributed by atoms with Gasteiger partial charge in [-0.1, -0.05) is 36.4 Å². The lowest BCUT2D eigenvalue weighted by molar-refractivity contribution is 1.48. The van der Waals surface area contributed by atoms with Crippen molar-refractivity contribution in [2.45, 2.75) is 0 Å². The van der Waals surface area contributed by atoms with Crippen LogP contribution in [-0.4, -0.2) is 12.0 Å². The summed E-state index contributed by atoms with van der Waals surface area (Å²) >= 11 is 0. The van der Waals surface area contributed by atoms with Crippen LogP contribution in [0.4, 0.5) is 17.1 Å². The van der Waals surface area contributed by atoms with E-state index in [1.54, 1.807) is 0 Å². The Hall–Kier alpha value is -2.59. The molecule has 0 spiro atoms. The van der Waals surface area contributed by atoms with Crippen LogP contribution >= 0.6 is 17.0 Å². The van der Waals surface area contributed by atoms with Gasteiger partial charge in [0.05, 0.1) is 16.7 Å². The number of anilines is 3.